The van der Waals surface area contributed by atoms with E-state index in [0.29, 0.717) is 11.1 Å². The quantitative estimate of drug-likeness (QED) is 0.419. The molecule has 2 aromatic carbocycles. The van der Waals surface area contributed by atoms with Crippen LogP contribution in [0.25, 0.3) is 11.1 Å². The fraction of sp³-hybridized carbons (Fsp3) is 0.263. The Morgan fingerprint density at radius 3 is 2.08 bits per heavy atom. The minimum absolute atomic E-state index is 0.0179. The van der Waals surface area contributed by atoms with E-state index in [4.69, 9.17) is 11.1 Å². The lowest BCUT2D eigenvalue weighted by Gasteiger charge is -2.07. The number of nitrogens with one attached hydrogen (secondary N) is 1. The van der Waals surface area contributed by atoms with Crippen LogP contribution in [0.3, 0.4) is 0 Å². The maximum atomic E-state index is 12.1. The van der Waals surface area contributed by atoms with Gasteiger partial charge in [-0.1, -0.05) is 48.5 Å². The Labute approximate surface area is 153 Å². The highest BCUT2D eigenvalue weighted by Gasteiger charge is 2.13. The first-order valence-electron chi connectivity index (χ1n) is 8.12. The first-order chi connectivity index (χ1) is 12.3. The predicted octanol–water partition coefficient (Wildman–Crippen LogP) is 2.51. The third-order valence-corrected chi connectivity index (χ3v) is 5.62. The molecule has 0 spiro atoms. The molecule has 7 heteroatoms. The summed E-state index contributed by atoms with van der Waals surface area (Å²) in [6, 6.07) is 14.6. The average molecular weight is 374 g/mol. The largest absolute Gasteiger partial charge is 0.469 e. The van der Waals surface area contributed by atoms with Gasteiger partial charge in [0.05, 0.1) is 18.6 Å². The standard InChI is InChI=1S/C19H22N2O4S/c1-25-18(22)3-2-12-26(23,24)13-14-4-6-15(7-5-14)16-8-10-17(11-9-16)19(20)21/h4-11H,2-3,12-13H2,1H3,(H3,20,21). The Hall–Kier alpha value is -2.67. The highest BCUT2D eigenvalue weighted by Crippen LogP contribution is 2.21. The van der Waals surface area contributed by atoms with E-state index in [1.807, 2.05) is 24.3 Å². The van der Waals surface area contributed by atoms with Crippen molar-refractivity contribution >= 4 is 21.6 Å². The fourth-order valence-electron chi connectivity index (χ4n) is 2.50. The Bertz CT molecular complexity index is 873. The average Bonchev–Trinajstić information content (AvgIpc) is 2.61. The van der Waals surface area contributed by atoms with Gasteiger partial charge in [0.25, 0.3) is 0 Å². The van der Waals surface area contributed by atoms with Crippen LogP contribution < -0.4 is 5.73 Å². The zero-order chi connectivity index (χ0) is 19.2. The van der Waals surface area contributed by atoms with Crippen molar-refractivity contribution in [1.82, 2.24) is 0 Å². The van der Waals surface area contributed by atoms with Gasteiger partial charge in [-0.3, -0.25) is 10.2 Å². The molecule has 0 bridgehead atoms. The van der Waals surface area contributed by atoms with Gasteiger partial charge >= 0.3 is 5.97 Å². The molecule has 2 aromatic rings. The number of methoxy groups -OCH3 is 1. The topological polar surface area (TPSA) is 110 Å². The number of carbonyl (C=O) groups excluding carboxylic acids is 1. The first-order valence-corrected chi connectivity index (χ1v) is 9.94. The van der Waals surface area contributed by atoms with Crippen molar-refractivity contribution in [3.05, 3.63) is 59.7 Å². The Kier molecular flexibility index (Phi) is 6.52. The monoisotopic (exact) mass is 374 g/mol. The molecular formula is C19H22N2O4S. The number of nitrogen functional groups attached to an aromatic ring is 1. The molecule has 0 saturated heterocycles. The maximum absolute atomic E-state index is 12.1. The van der Waals surface area contributed by atoms with E-state index >= 15 is 0 Å². The second-order valence-electron chi connectivity index (χ2n) is 5.96. The highest BCUT2D eigenvalue weighted by atomic mass is 32.2. The molecule has 0 amide bonds. The summed E-state index contributed by atoms with van der Waals surface area (Å²) in [5.41, 5.74) is 8.71. The normalized spacial score (nSPS) is 11.1. The van der Waals surface area contributed by atoms with Gasteiger partial charge in [0, 0.05) is 12.0 Å². The van der Waals surface area contributed by atoms with Gasteiger partial charge in [-0.2, -0.15) is 0 Å². The number of esters is 1. The van der Waals surface area contributed by atoms with E-state index in [1.165, 1.54) is 7.11 Å². The van der Waals surface area contributed by atoms with Crippen LogP contribution in [0.2, 0.25) is 0 Å². The lowest BCUT2D eigenvalue weighted by atomic mass is 10.0. The van der Waals surface area contributed by atoms with Gasteiger partial charge in [-0.05, 0) is 23.1 Å². The summed E-state index contributed by atoms with van der Waals surface area (Å²) in [6.07, 6.45) is 0.362. The molecule has 0 atom stereocenters. The summed E-state index contributed by atoms with van der Waals surface area (Å²) in [7, 11) is -1.99. The van der Waals surface area contributed by atoms with Gasteiger partial charge in [-0.15, -0.1) is 0 Å². The zero-order valence-corrected chi connectivity index (χ0v) is 15.4. The molecule has 3 N–H and O–H groups in total. The molecule has 0 radical (unpaired) electrons. The summed E-state index contributed by atoms with van der Waals surface area (Å²) in [5, 5.41) is 7.40. The fourth-order valence-corrected chi connectivity index (χ4v) is 3.93. The smallest absolute Gasteiger partial charge is 0.305 e. The SMILES string of the molecule is COC(=O)CCCS(=O)(=O)Cc1ccc(-c2ccc(C(=N)N)cc2)cc1. The van der Waals surface area contributed by atoms with Crippen LogP contribution in [0.4, 0.5) is 0 Å². The number of benzene rings is 2. The van der Waals surface area contributed by atoms with Crippen LogP contribution in [-0.2, 0) is 25.1 Å². The Balaban J connectivity index is 2.00. The third-order valence-electron chi connectivity index (χ3n) is 3.93. The predicted molar refractivity (Wildman–Crippen MR) is 102 cm³/mol. The van der Waals surface area contributed by atoms with E-state index < -0.39 is 15.8 Å². The van der Waals surface area contributed by atoms with Crippen molar-refractivity contribution in [1.29, 1.82) is 5.41 Å². The molecule has 0 unspecified atom stereocenters. The maximum Gasteiger partial charge on any atom is 0.305 e. The Morgan fingerprint density at radius 1 is 1.04 bits per heavy atom. The summed E-state index contributed by atoms with van der Waals surface area (Å²) in [5.74, 6) is -0.488. The molecule has 0 aliphatic carbocycles. The number of rotatable bonds is 8. The van der Waals surface area contributed by atoms with Gasteiger partial charge < -0.3 is 10.5 Å². The zero-order valence-electron chi connectivity index (χ0n) is 14.6. The van der Waals surface area contributed by atoms with E-state index in [0.717, 1.165) is 11.1 Å². The second-order valence-corrected chi connectivity index (χ2v) is 8.14. The second kappa shape index (κ2) is 8.62. The lowest BCUT2D eigenvalue weighted by Crippen LogP contribution is -2.11. The van der Waals surface area contributed by atoms with Gasteiger partial charge in [0.2, 0.25) is 0 Å². The molecular weight excluding hydrogens is 352 g/mol. The van der Waals surface area contributed by atoms with Crippen molar-refractivity contribution in [2.75, 3.05) is 12.9 Å². The summed E-state index contributed by atoms with van der Waals surface area (Å²) in [4.78, 5) is 11.1. The number of ether oxygens (including phenoxy) is 1. The molecule has 0 saturated carbocycles. The first kappa shape index (κ1) is 19.7. The van der Waals surface area contributed by atoms with Crippen molar-refractivity contribution in [2.24, 2.45) is 5.73 Å². The lowest BCUT2D eigenvalue weighted by molar-refractivity contribution is -0.140. The highest BCUT2D eigenvalue weighted by molar-refractivity contribution is 7.90. The van der Waals surface area contributed by atoms with E-state index in [-0.39, 0.29) is 30.2 Å². The van der Waals surface area contributed by atoms with Gasteiger partial charge in [-0.25, -0.2) is 8.42 Å². The number of nitrogens with two attached hydrogens (primary N) is 1. The van der Waals surface area contributed by atoms with E-state index in [1.54, 1.807) is 24.3 Å². The summed E-state index contributed by atoms with van der Waals surface area (Å²) < 4.78 is 28.8. The number of amidine groups is 1. The van der Waals surface area contributed by atoms with Crippen LogP contribution in [0, 0.1) is 5.41 Å². The van der Waals surface area contributed by atoms with Crippen molar-refractivity contribution in [2.45, 2.75) is 18.6 Å². The molecule has 0 aliphatic rings. The minimum atomic E-state index is -3.28. The van der Waals surface area contributed by atoms with Crippen LogP contribution in [0.5, 0.6) is 0 Å². The van der Waals surface area contributed by atoms with Crippen LogP contribution in [0.15, 0.2) is 48.5 Å². The summed E-state index contributed by atoms with van der Waals surface area (Å²) >= 11 is 0. The van der Waals surface area contributed by atoms with Crippen molar-refractivity contribution < 1.29 is 17.9 Å². The van der Waals surface area contributed by atoms with Crippen molar-refractivity contribution in [3.8, 4) is 11.1 Å². The molecule has 6 nitrogen and oxygen atoms in total. The molecule has 2 rings (SSSR count). The van der Waals surface area contributed by atoms with Crippen LogP contribution in [-0.4, -0.2) is 33.1 Å². The molecule has 0 heterocycles. The van der Waals surface area contributed by atoms with Crippen molar-refractivity contribution in [3.63, 3.8) is 0 Å². The molecule has 0 fully saturated rings. The van der Waals surface area contributed by atoms with E-state index in [2.05, 4.69) is 4.74 Å². The van der Waals surface area contributed by atoms with Gasteiger partial charge in [0.1, 0.15) is 5.84 Å². The van der Waals surface area contributed by atoms with E-state index in [9.17, 15) is 13.2 Å². The molecule has 0 aliphatic heterocycles. The minimum Gasteiger partial charge on any atom is -0.469 e. The number of hydrogen-bond acceptors (Lipinski definition) is 5. The van der Waals surface area contributed by atoms with Gasteiger partial charge in [0.15, 0.2) is 9.84 Å². The molecule has 0 aromatic heterocycles. The third kappa shape index (κ3) is 5.70. The molecule has 138 valence electrons. The van der Waals surface area contributed by atoms with Crippen LogP contribution in [0.1, 0.15) is 24.0 Å². The number of sulfone groups is 1. The number of hydrogen-bond donors (Lipinski definition) is 2. The number of carbonyl (C=O) groups is 1. The Morgan fingerprint density at radius 2 is 1.58 bits per heavy atom. The summed E-state index contributed by atoms with van der Waals surface area (Å²) in [6.45, 7) is 0. The van der Waals surface area contributed by atoms with Crippen LogP contribution >= 0.6 is 0 Å². The molecule has 26 heavy (non-hydrogen) atoms.